The summed E-state index contributed by atoms with van der Waals surface area (Å²) in [6.07, 6.45) is 5.11. The zero-order valence-corrected chi connectivity index (χ0v) is 20.4. The molecule has 1 saturated heterocycles. The van der Waals surface area contributed by atoms with Crippen molar-refractivity contribution >= 4 is 23.1 Å². The third-order valence-electron chi connectivity index (χ3n) is 6.12. The molecule has 1 atom stereocenters. The predicted molar refractivity (Wildman–Crippen MR) is 137 cm³/mol. The van der Waals surface area contributed by atoms with Gasteiger partial charge in [-0.2, -0.15) is 14.6 Å². The van der Waals surface area contributed by atoms with Crippen LogP contribution in [0.2, 0.25) is 0 Å². The van der Waals surface area contributed by atoms with Crippen molar-refractivity contribution in [3.05, 3.63) is 60.3 Å². The molecule has 1 aromatic carbocycles. The Labute approximate surface area is 205 Å². The summed E-state index contributed by atoms with van der Waals surface area (Å²) in [5, 5.41) is 20.1. The quantitative estimate of drug-likeness (QED) is 0.384. The van der Waals surface area contributed by atoms with Gasteiger partial charge in [0.05, 0.1) is 12.8 Å². The van der Waals surface area contributed by atoms with Crippen LogP contribution in [0.4, 0.5) is 11.5 Å². The lowest BCUT2D eigenvalue weighted by Gasteiger charge is -2.32. The molecule has 2 aromatic heterocycles. The molecular formula is C26H34N6O3. The van der Waals surface area contributed by atoms with E-state index in [9.17, 15) is 9.90 Å². The van der Waals surface area contributed by atoms with Crippen molar-refractivity contribution in [2.24, 2.45) is 0 Å². The van der Waals surface area contributed by atoms with E-state index in [0.717, 1.165) is 48.5 Å². The molecule has 3 heterocycles. The number of piperidine rings is 1. The highest BCUT2D eigenvalue weighted by Crippen LogP contribution is 2.27. The van der Waals surface area contributed by atoms with Gasteiger partial charge in [-0.25, -0.2) is 0 Å². The average Bonchev–Trinajstić information content (AvgIpc) is 3.28. The van der Waals surface area contributed by atoms with Crippen LogP contribution in [-0.4, -0.2) is 62.9 Å². The third kappa shape index (κ3) is 6.17. The summed E-state index contributed by atoms with van der Waals surface area (Å²) in [5.41, 5.74) is 3.54. The number of β-amino-alcohol motifs (C(OH)–C–C–N with tert-alkyl or cyclic N) is 1. The van der Waals surface area contributed by atoms with E-state index in [1.165, 1.54) is 6.08 Å². The molecule has 35 heavy (non-hydrogen) atoms. The number of benzene rings is 1. The van der Waals surface area contributed by atoms with Crippen molar-refractivity contribution in [2.75, 3.05) is 36.9 Å². The van der Waals surface area contributed by atoms with E-state index in [-0.39, 0.29) is 24.5 Å². The second-order valence-corrected chi connectivity index (χ2v) is 9.12. The summed E-state index contributed by atoms with van der Waals surface area (Å²) in [5.74, 6) is 1.36. The van der Waals surface area contributed by atoms with Crippen LogP contribution in [0.3, 0.4) is 0 Å². The van der Waals surface area contributed by atoms with Crippen molar-refractivity contribution in [2.45, 2.75) is 45.3 Å². The van der Waals surface area contributed by atoms with Crippen LogP contribution < -0.4 is 15.4 Å². The van der Waals surface area contributed by atoms with Crippen molar-refractivity contribution < 1.29 is 14.6 Å². The lowest BCUT2D eigenvalue weighted by atomic mass is 10.1. The average molecular weight is 479 g/mol. The summed E-state index contributed by atoms with van der Waals surface area (Å²) in [7, 11) is 0. The minimum atomic E-state index is -0.245. The van der Waals surface area contributed by atoms with E-state index in [2.05, 4.69) is 41.1 Å². The SMILES string of the molecule is C=CC(=O)Nc1cccc(CNc2cc(OC3CCCN(CCO)C3)nc3c(C(C)C)cnn23)c1. The second-order valence-electron chi connectivity index (χ2n) is 9.12. The summed E-state index contributed by atoms with van der Waals surface area (Å²) in [6, 6.07) is 9.54. The van der Waals surface area contributed by atoms with Crippen LogP contribution >= 0.6 is 0 Å². The highest BCUT2D eigenvalue weighted by Gasteiger charge is 2.22. The number of amides is 1. The Morgan fingerprint density at radius 3 is 3.00 bits per heavy atom. The van der Waals surface area contributed by atoms with E-state index >= 15 is 0 Å². The molecular weight excluding hydrogens is 444 g/mol. The molecule has 186 valence electrons. The minimum Gasteiger partial charge on any atom is -0.473 e. The molecule has 0 bridgehead atoms. The molecule has 3 aromatic rings. The maximum Gasteiger partial charge on any atom is 0.247 e. The fraction of sp³-hybridized carbons (Fsp3) is 0.423. The summed E-state index contributed by atoms with van der Waals surface area (Å²) < 4.78 is 8.15. The maximum absolute atomic E-state index is 11.6. The topological polar surface area (TPSA) is 104 Å². The molecule has 9 heteroatoms. The van der Waals surface area contributed by atoms with Gasteiger partial charge in [0.1, 0.15) is 11.9 Å². The molecule has 1 unspecified atom stereocenters. The molecule has 1 aliphatic heterocycles. The first-order chi connectivity index (χ1) is 17.0. The van der Waals surface area contributed by atoms with E-state index < -0.39 is 0 Å². The molecule has 0 spiro atoms. The number of nitrogens with one attached hydrogen (secondary N) is 2. The van der Waals surface area contributed by atoms with Gasteiger partial charge in [-0.3, -0.25) is 9.69 Å². The highest BCUT2D eigenvalue weighted by molar-refractivity contribution is 5.98. The van der Waals surface area contributed by atoms with Crippen molar-refractivity contribution in [3.8, 4) is 5.88 Å². The van der Waals surface area contributed by atoms with Crippen molar-refractivity contribution in [1.82, 2.24) is 19.5 Å². The number of nitrogens with zero attached hydrogens (tertiary/aromatic N) is 4. The molecule has 1 fully saturated rings. The number of carbonyl (C=O) groups excluding carboxylic acids is 1. The number of hydrogen-bond acceptors (Lipinski definition) is 7. The second kappa shape index (κ2) is 11.3. The number of aromatic nitrogens is 3. The first-order valence-electron chi connectivity index (χ1n) is 12.1. The Bertz CT molecular complexity index is 1170. The standard InChI is InChI=1S/C26H34N6O3/c1-4-24(34)29-20-8-5-7-19(13-20)15-27-23-14-25(30-26-22(18(2)3)16-28-32(23)26)35-21-9-6-10-31(17-21)11-12-33/h4-5,7-8,13-14,16,18,21,27,33H,1,6,9-12,15,17H2,2-3H3,(H,29,34). The number of likely N-dealkylation sites (tertiary alicyclic amines) is 1. The van der Waals surface area contributed by atoms with Crippen LogP contribution in [-0.2, 0) is 11.3 Å². The largest absolute Gasteiger partial charge is 0.473 e. The van der Waals surface area contributed by atoms with Gasteiger partial charge in [-0.05, 0) is 49.1 Å². The van der Waals surface area contributed by atoms with E-state index in [1.807, 2.05) is 41.0 Å². The monoisotopic (exact) mass is 478 g/mol. The summed E-state index contributed by atoms with van der Waals surface area (Å²) >= 11 is 0. The number of aliphatic hydroxyl groups is 1. The Kier molecular flexibility index (Phi) is 7.99. The molecule has 0 aliphatic carbocycles. The van der Waals surface area contributed by atoms with Gasteiger partial charge in [0, 0.05) is 37.0 Å². The number of hydrogen-bond donors (Lipinski definition) is 3. The summed E-state index contributed by atoms with van der Waals surface area (Å²) in [6.45, 7) is 10.8. The van der Waals surface area contributed by atoms with Gasteiger partial charge in [-0.15, -0.1) is 0 Å². The summed E-state index contributed by atoms with van der Waals surface area (Å²) in [4.78, 5) is 18.7. The molecule has 3 N–H and O–H groups in total. The van der Waals surface area contributed by atoms with Gasteiger partial charge in [0.2, 0.25) is 11.8 Å². The zero-order chi connectivity index (χ0) is 24.8. The fourth-order valence-corrected chi connectivity index (χ4v) is 4.32. The number of rotatable bonds is 10. The minimum absolute atomic E-state index is 0.0219. The fourth-order valence-electron chi connectivity index (χ4n) is 4.32. The van der Waals surface area contributed by atoms with Crippen LogP contribution in [0, 0.1) is 0 Å². The van der Waals surface area contributed by atoms with Crippen molar-refractivity contribution in [3.63, 3.8) is 0 Å². The molecule has 0 radical (unpaired) electrons. The Balaban J connectivity index is 1.56. The molecule has 4 rings (SSSR count). The first-order valence-corrected chi connectivity index (χ1v) is 12.1. The third-order valence-corrected chi connectivity index (χ3v) is 6.12. The normalized spacial score (nSPS) is 16.4. The van der Waals surface area contributed by atoms with Crippen molar-refractivity contribution in [1.29, 1.82) is 0 Å². The smallest absolute Gasteiger partial charge is 0.247 e. The Morgan fingerprint density at radius 1 is 1.37 bits per heavy atom. The lowest BCUT2D eigenvalue weighted by molar-refractivity contribution is -0.111. The number of fused-ring (bicyclic) bond motifs is 1. The van der Waals surface area contributed by atoms with E-state index in [1.54, 1.807) is 0 Å². The first kappa shape index (κ1) is 24.7. The Hall–Kier alpha value is -3.43. The van der Waals surface area contributed by atoms with Crippen LogP contribution in [0.15, 0.2) is 49.2 Å². The Morgan fingerprint density at radius 2 is 2.23 bits per heavy atom. The van der Waals surface area contributed by atoms with Crippen LogP contribution in [0.25, 0.3) is 5.65 Å². The predicted octanol–water partition coefficient (Wildman–Crippen LogP) is 3.42. The van der Waals surface area contributed by atoms with E-state index in [0.29, 0.717) is 24.7 Å². The van der Waals surface area contributed by atoms with Gasteiger partial charge in [0.25, 0.3) is 0 Å². The van der Waals surface area contributed by atoms with Crippen LogP contribution in [0.1, 0.15) is 43.7 Å². The van der Waals surface area contributed by atoms with Gasteiger partial charge >= 0.3 is 0 Å². The number of aliphatic hydroxyl groups excluding tert-OH is 1. The van der Waals surface area contributed by atoms with E-state index in [4.69, 9.17) is 9.72 Å². The molecule has 0 saturated carbocycles. The lowest BCUT2D eigenvalue weighted by Crippen LogP contribution is -2.42. The number of anilines is 2. The molecule has 1 aliphatic rings. The zero-order valence-electron chi connectivity index (χ0n) is 20.4. The van der Waals surface area contributed by atoms with Crippen LogP contribution in [0.5, 0.6) is 5.88 Å². The maximum atomic E-state index is 11.6. The highest BCUT2D eigenvalue weighted by atomic mass is 16.5. The number of ether oxygens (including phenoxy) is 1. The van der Waals surface area contributed by atoms with Gasteiger partial charge in [0.15, 0.2) is 5.65 Å². The number of carbonyl (C=O) groups is 1. The van der Waals surface area contributed by atoms with Gasteiger partial charge < -0.3 is 20.5 Å². The van der Waals surface area contributed by atoms with Gasteiger partial charge in [-0.1, -0.05) is 32.6 Å². The molecule has 9 nitrogen and oxygen atoms in total. The molecule has 1 amide bonds.